The molecule has 2 spiro atoms. The van der Waals surface area contributed by atoms with Crippen LogP contribution < -0.4 is 0 Å². The summed E-state index contributed by atoms with van der Waals surface area (Å²) in [6.45, 7) is 5.95. The second-order valence-electron chi connectivity index (χ2n) is 14.3. The molecule has 11 fully saturated rings. The van der Waals surface area contributed by atoms with Crippen LogP contribution >= 0.6 is 0 Å². The molecule has 7 nitrogen and oxygen atoms in total. The van der Waals surface area contributed by atoms with E-state index in [0.29, 0.717) is 35.9 Å². The van der Waals surface area contributed by atoms with Crippen molar-refractivity contribution in [2.24, 2.45) is 47.3 Å². The maximum absolute atomic E-state index is 12.6. The Morgan fingerprint density at radius 3 is 1.76 bits per heavy atom. The van der Waals surface area contributed by atoms with Crippen LogP contribution in [0.25, 0.3) is 0 Å². The van der Waals surface area contributed by atoms with Gasteiger partial charge in [0.15, 0.2) is 17.7 Å². The molecule has 8 bridgehead atoms. The van der Waals surface area contributed by atoms with Crippen LogP contribution in [0.5, 0.6) is 0 Å². The van der Waals surface area contributed by atoms with E-state index < -0.39 is 29.9 Å². The summed E-state index contributed by atoms with van der Waals surface area (Å²) >= 11 is 0. The average Bonchev–Trinajstić information content (AvgIpc) is 3.54. The average molecular weight is 513 g/mol. The Bertz CT molecular complexity index is 965. The second kappa shape index (κ2) is 7.60. The van der Waals surface area contributed by atoms with E-state index in [-0.39, 0.29) is 18.3 Å². The van der Waals surface area contributed by atoms with Crippen molar-refractivity contribution in [1.82, 2.24) is 0 Å². The lowest BCUT2D eigenvalue weighted by molar-refractivity contribution is -0.330. The lowest BCUT2D eigenvalue weighted by atomic mass is 9.53. The van der Waals surface area contributed by atoms with Gasteiger partial charge in [0.25, 0.3) is 0 Å². The summed E-state index contributed by atoms with van der Waals surface area (Å²) < 4.78 is 39.9. The Kier molecular flexibility index (Phi) is 4.68. The Morgan fingerprint density at radius 1 is 0.703 bits per heavy atom. The van der Waals surface area contributed by atoms with Crippen LogP contribution in [0.3, 0.4) is 0 Å². The van der Waals surface area contributed by atoms with E-state index in [1.165, 1.54) is 64.2 Å². The summed E-state index contributed by atoms with van der Waals surface area (Å²) in [4.78, 5) is 12.6. The van der Waals surface area contributed by atoms with Crippen molar-refractivity contribution < 1.29 is 33.2 Å². The van der Waals surface area contributed by atoms with Gasteiger partial charge in [-0.15, -0.1) is 0 Å². The van der Waals surface area contributed by atoms with E-state index in [2.05, 4.69) is 6.58 Å². The first-order chi connectivity index (χ1) is 17.9. The van der Waals surface area contributed by atoms with E-state index in [1.807, 2.05) is 0 Å². The lowest BCUT2D eigenvalue weighted by Gasteiger charge is -2.58. The first kappa shape index (κ1) is 22.8. The third kappa shape index (κ3) is 3.04. The molecule has 0 aromatic carbocycles. The van der Waals surface area contributed by atoms with E-state index in [1.54, 1.807) is 6.92 Å². The van der Waals surface area contributed by atoms with Crippen LogP contribution in [0.2, 0.25) is 0 Å². The van der Waals surface area contributed by atoms with Crippen LogP contribution in [0, 0.1) is 47.3 Å². The van der Waals surface area contributed by atoms with Gasteiger partial charge >= 0.3 is 5.97 Å². The van der Waals surface area contributed by atoms with Gasteiger partial charge in [0.2, 0.25) is 6.29 Å². The molecule has 0 aromatic heterocycles. The first-order valence-electron chi connectivity index (χ1n) is 15.1. The highest BCUT2D eigenvalue weighted by molar-refractivity contribution is 5.87. The zero-order valence-electron chi connectivity index (χ0n) is 21.8. The highest BCUT2D eigenvalue weighted by atomic mass is 16.8. The molecule has 0 N–H and O–H groups in total. The number of fused-ring (bicyclic) bond motifs is 1. The van der Waals surface area contributed by atoms with Crippen molar-refractivity contribution in [3.05, 3.63) is 12.2 Å². The molecule has 2 unspecified atom stereocenters. The van der Waals surface area contributed by atoms with Gasteiger partial charge in [-0.2, -0.15) is 0 Å². The standard InChI is InChI=1S/C30H40O7/c1-14(2)27(31)34-28-26-25(36-30(37-26)21-9-17-4-18(11-21)12-22(30)10-17)24(33-28)23-13-32-29(35-23)19-5-15-3-16(7-19)8-20(29)6-15/h15-26,28H,1,3-13H2,2H3/t15?,16?,17?,18?,19?,20?,21?,22?,23?,24-,25+,26+,28?,29?,30?/m1/s1. The summed E-state index contributed by atoms with van der Waals surface area (Å²) in [6.07, 6.45) is 10.2. The maximum atomic E-state index is 12.6. The number of rotatable bonds is 3. The van der Waals surface area contributed by atoms with Crippen LogP contribution in [-0.4, -0.2) is 54.9 Å². The number of esters is 1. The number of carbonyl (C=O) groups is 1. The van der Waals surface area contributed by atoms with Crippen molar-refractivity contribution >= 4 is 5.97 Å². The SMILES string of the molecule is C=C(C)C(=O)OC1O[C@H](C2COC3(O2)C2CC4CC(C2)CC3C4)[C@@H]2OC3(O[C@H]12)C1CC2CC(C1)CC3C2. The van der Waals surface area contributed by atoms with Gasteiger partial charge in [-0.05, 0) is 94.8 Å². The minimum atomic E-state index is -0.811. The van der Waals surface area contributed by atoms with Crippen LogP contribution in [0.4, 0.5) is 0 Å². The number of carbonyl (C=O) groups excluding carboxylic acids is 1. The largest absolute Gasteiger partial charge is 0.429 e. The zero-order chi connectivity index (χ0) is 24.7. The molecule has 11 rings (SSSR count). The summed E-state index contributed by atoms with van der Waals surface area (Å²) in [5, 5.41) is 0. The summed E-state index contributed by atoms with van der Waals surface area (Å²) in [5.41, 5.74) is 0.361. The summed E-state index contributed by atoms with van der Waals surface area (Å²) in [7, 11) is 0. The Labute approximate surface area is 218 Å². The predicted molar refractivity (Wildman–Crippen MR) is 130 cm³/mol. The quantitative estimate of drug-likeness (QED) is 0.412. The van der Waals surface area contributed by atoms with Crippen molar-refractivity contribution in [3.63, 3.8) is 0 Å². The first-order valence-corrected chi connectivity index (χ1v) is 15.1. The molecule has 0 aromatic rings. The topological polar surface area (TPSA) is 72.5 Å². The zero-order valence-corrected chi connectivity index (χ0v) is 21.8. The highest BCUT2D eigenvalue weighted by Gasteiger charge is 2.71. The molecule has 3 aliphatic heterocycles. The predicted octanol–water partition coefficient (Wildman–Crippen LogP) is 4.33. The molecule has 0 amide bonds. The molecule has 8 aliphatic carbocycles. The number of hydrogen-bond acceptors (Lipinski definition) is 7. The van der Waals surface area contributed by atoms with Gasteiger partial charge in [-0.25, -0.2) is 4.79 Å². The van der Waals surface area contributed by atoms with Gasteiger partial charge in [0.1, 0.15) is 18.3 Å². The molecule has 202 valence electrons. The molecule has 7 heteroatoms. The smallest absolute Gasteiger partial charge is 0.335 e. The lowest BCUT2D eigenvalue weighted by Crippen LogP contribution is -2.60. The molecule has 11 aliphatic rings. The maximum Gasteiger partial charge on any atom is 0.335 e. The van der Waals surface area contributed by atoms with Crippen molar-refractivity contribution in [2.75, 3.05) is 6.61 Å². The molecule has 5 atom stereocenters. The van der Waals surface area contributed by atoms with E-state index >= 15 is 0 Å². The second-order valence-corrected chi connectivity index (χ2v) is 14.3. The molecular formula is C30H40O7. The third-order valence-corrected chi connectivity index (χ3v) is 12.1. The molecule has 3 heterocycles. The van der Waals surface area contributed by atoms with E-state index in [4.69, 9.17) is 28.4 Å². The van der Waals surface area contributed by atoms with E-state index in [9.17, 15) is 4.79 Å². The molecule has 37 heavy (non-hydrogen) atoms. The fourth-order valence-corrected chi connectivity index (χ4v) is 11.1. The normalized spacial score (nSPS) is 60.1. The van der Waals surface area contributed by atoms with Crippen LogP contribution in [0.1, 0.15) is 71.1 Å². The summed E-state index contributed by atoms with van der Waals surface area (Å²) in [6, 6.07) is 0. The van der Waals surface area contributed by atoms with Gasteiger partial charge in [0, 0.05) is 29.2 Å². The third-order valence-electron chi connectivity index (χ3n) is 12.1. The number of hydrogen-bond donors (Lipinski definition) is 0. The van der Waals surface area contributed by atoms with Gasteiger partial charge < -0.3 is 28.4 Å². The van der Waals surface area contributed by atoms with Crippen LogP contribution in [0.15, 0.2) is 12.2 Å². The van der Waals surface area contributed by atoms with Crippen molar-refractivity contribution in [2.45, 2.75) is 113 Å². The fourth-order valence-electron chi connectivity index (χ4n) is 11.1. The molecule has 8 saturated carbocycles. The number of ether oxygens (including phenoxy) is 6. The fraction of sp³-hybridized carbons (Fsp3) is 0.900. The minimum Gasteiger partial charge on any atom is -0.429 e. The summed E-state index contributed by atoms with van der Waals surface area (Å²) in [5.74, 6) is 3.65. The molecular weight excluding hydrogens is 472 g/mol. The van der Waals surface area contributed by atoms with Crippen LogP contribution in [-0.2, 0) is 33.2 Å². The monoisotopic (exact) mass is 512 g/mol. The van der Waals surface area contributed by atoms with Gasteiger partial charge in [-0.1, -0.05) is 6.58 Å². The minimum absolute atomic E-state index is 0.242. The Morgan fingerprint density at radius 2 is 1.22 bits per heavy atom. The van der Waals surface area contributed by atoms with E-state index in [0.717, 1.165) is 23.7 Å². The van der Waals surface area contributed by atoms with Crippen molar-refractivity contribution in [3.8, 4) is 0 Å². The molecule has 0 radical (unpaired) electrons. The Hall–Kier alpha value is -0.990. The van der Waals surface area contributed by atoms with Crippen molar-refractivity contribution in [1.29, 1.82) is 0 Å². The van der Waals surface area contributed by atoms with Gasteiger partial charge in [-0.3, -0.25) is 0 Å². The van der Waals surface area contributed by atoms with Gasteiger partial charge in [0.05, 0.1) is 6.61 Å². The molecule has 3 saturated heterocycles. The highest BCUT2D eigenvalue weighted by Crippen LogP contribution is 2.65. The Balaban J connectivity index is 1.01.